The van der Waals surface area contributed by atoms with Crippen LogP contribution in [0.2, 0.25) is 0 Å². The molecule has 0 aromatic carbocycles. The van der Waals surface area contributed by atoms with E-state index in [0.717, 1.165) is 32.0 Å². The Kier molecular flexibility index (Phi) is 3.40. The van der Waals surface area contributed by atoms with Gasteiger partial charge in [-0.15, -0.1) is 0 Å². The Hall–Kier alpha value is -1.95. The van der Waals surface area contributed by atoms with E-state index >= 15 is 0 Å². The van der Waals surface area contributed by atoms with Crippen LogP contribution in [0.15, 0.2) is 24.4 Å². The minimum Gasteiger partial charge on any atom is -0.318 e. The van der Waals surface area contributed by atoms with Crippen LogP contribution in [0.25, 0.3) is 0 Å². The van der Waals surface area contributed by atoms with Crippen LogP contribution in [0.5, 0.6) is 0 Å². The summed E-state index contributed by atoms with van der Waals surface area (Å²) in [5, 5.41) is 0. The summed E-state index contributed by atoms with van der Waals surface area (Å²) in [4.78, 5) is 31.7. The second-order valence-corrected chi connectivity index (χ2v) is 5.44. The molecule has 2 aliphatic heterocycles. The lowest BCUT2D eigenvalue weighted by molar-refractivity contribution is -0.915. The van der Waals surface area contributed by atoms with Gasteiger partial charge in [-0.05, 0) is 6.07 Å². The fourth-order valence-corrected chi connectivity index (χ4v) is 3.04. The number of aromatic amines is 1. The number of amides is 2. The average Bonchev–Trinajstić information content (AvgIpc) is 2.76. The molecule has 0 spiro atoms. The lowest BCUT2D eigenvalue weighted by Crippen LogP contribution is -3.19. The number of imide groups is 1. The molecule has 1 aromatic rings. The van der Waals surface area contributed by atoms with Gasteiger partial charge in [0.2, 0.25) is 5.91 Å². The highest BCUT2D eigenvalue weighted by Gasteiger charge is 2.44. The van der Waals surface area contributed by atoms with Crippen LogP contribution in [-0.2, 0) is 9.59 Å². The second kappa shape index (κ2) is 5.20. The summed E-state index contributed by atoms with van der Waals surface area (Å²) in [7, 11) is 1.58. The molecule has 0 radical (unpaired) electrons. The summed E-state index contributed by atoms with van der Waals surface area (Å²) in [5.41, 5.74) is 0. The number of likely N-dealkylation sites (tertiary alicyclic amines) is 1. The Labute approximate surface area is 118 Å². The predicted octanol–water partition coefficient (Wildman–Crippen LogP) is -2.04. The number of hydrogen-bond donors (Lipinski definition) is 1. The number of likely N-dealkylation sites (N-methyl/N-ethyl adjacent to an activating group) is 1. The number of carbonyl (C=O) groups is 2. The summed E-state index contributed by atoms with van der Waals surface area (Å²) in [5.74, 6) is 1.04. The number of nitrogens with one attached hydrogen (secondary N) is 2. The number of hydrogen-bond acceptors (Lipinski definition) is 3. The van der Waals surface area contributed by atoms with Gasteiger partial charge in [0.15, 0.2) is 6.04 Å². The van der Waals surface area contributed by atoms with Crippen molar-refractivity contribution in [3.63, 3.8) is 0 Å². The SMILES string of the molecule is CN1C(=O)C[C@H]([NH+]2CCN(c3cccc[nH+]3)CC2)C1=O. The molecular weight excluding hydrogens is 256 g/mol. The Balaban J connectivity index is 1.62. The Morgan fingerprint density at radius 3 is 2.55 bits per heavy atom. The topological polar surface area (TPSA) is 59.2 Å². The smallest absolute Gasteiger partial charge is 0.287 e. The Bertz CT molecular complexity index is 511. The third-order valence-electron chi connectivity index (χ3n) is 4.31. The van der Waals surface area contributed by atoms with Crippen LogP contribution in [0.3, 0.4) is 0 Å². The number of piperazine rings is 1. The predicted molar refractivity (Wildman–Crippen MR) is 72.1 cm³/mol. The zero-order chi connectivity index (χ0) is 14.1. The van der Waals surface area contributed by atoms with Gasteiger partial charge in [0.05, 0.1) is 12.6 Å². The number of quaternary nitrogens is 1. The van der Waals surface area contributed by atoms with Gasteiger partial charge in [-0.3, -0.25) is 19.4 Å². The minimum absolute atomic E-state index is 0.0234. The van der Waals surface area contributed by atoms with Gasteiger partial charge in [-0.2, -0.15) is 0 Å². The zero-order valence-corrected chi connectivity index (χ0v) is 11.6. The summed E-state index contributed by atoms with van der Waals surface area (Å²) in [6.07, 6.45) is 2.28. The van der Waals surface area contributed by atoms with E-state index in [1.54, 1.807) is 7.05 Å². The van der Waals surface area contributed by atoms with Crippen molar-refractivity contribution in [3.8, 4) is 0 Å². The molecule has 1 aromatic heterocycles. The lowest BCUT2D eigenvalue weighted by Gasteiger charge is -2.30. The van der Waals surface area contributed by atoms with Gasteiger partial charge in [0.25, 0.3) is 11.7 Å². The Morgan fingerprint density at radius 2 is 2.00 bits per heavy atom. The number of aromatic nitrogens is 1. The van der Waals surface area contributed by atoms with Gasteiger partial charge in [-0.1, -0.05) is 6.07 Å². The molecule has 0 aliphatic carbocycles. The number of pyridine rings is 1. The molecule has 2 fully saturated rings. The maximum absolute atomic E-state index is 12.0. The van der Waals surface area contributed by atoms with Crippen LogP contribution < -0.4 is 14.8 Å². The van der Waals surface area contributed by atoms with E-state index in [1.165, 1.54) is 9.80 Å². The molecular formula is C14H20N4O2+2. The van der Waals surface area contributed by atoms with Crippen molar-refractivity contribution in [3.05, 3.63) is 24.4 Å². The van der Waals surface area contributed by atoms with Gasteiger partial charge in [0, 0.05) is 13.1 Å². The summed E-state index contributed by atoms with van der Waals surface area (Å²) in [6, 6.07) is 5.86. The zero-order valence-electron chi connectivity index (χ0n) is 11.6. The van der Waals surface area contributed by atoms with Crippen molar-refractivity contribution >= 4 is 17.6 Å². The molecule has 106 valence electrons. The van der Waals surface area contributed by atoms with E-state index in [0.29, 0.717) is 6.42 Å². The van der Waals surface area contributed by atoms with Crippen molar-refractivity contribution < 1.29 is 19.5 Å². The van der Waals surface area contributed by atoms with E-state index in [-0.39, 0.29) is 17.9 Å². The van der Waals surface area contributed by atoms with E-state index in [2.05, 4.69) is 16.0 Å². The molecule has 0 saturated carbocycles. The molecule has 2 amide bonds. The first kappa shape index (κ1) is 13.1. The Morgan fingerprint density at radius 1 is 1.25 bits per heavy atom. The molecule has 6 nitrogen and oxygen atoms in total. The molecule has 0 bridgehead atoms. The normalized spacial score (nSPS) is 24.6. The molecule has 3 heterocycles. The van der Waals surface area contributed by atoms with E-state index < -0.39 is 0 Å². The fraction of sp³-hybridized carbons (Fsp3) is 0.500. The minimum atomic E-state index is -0.172. The maximum atomic E-state index is 12.0. The van der Waals surface area contributed by atoms with Crippen LogP contribution in [0.4, 0.5) is 5.82 Å². The maximum Gasteiger partial charge on any atom is 0.287 e. The highest BCUT2D eigenvalue weighted by molar-refractivity contribution is 6.04. The van der Waals surface area contributed by atoms with Crippen molar-refractivity contribution in [1.29, 1.82) is 0 Å². The van der Waals surface area contributed by atoms with Crippen molar-refractivity contribution in [2.75, 3.05) is 38.1 Å². The standard InChI is InChI=1S/C14H18N4O2/c1-16-13(19)10-11(14(16)20)17-6-8-18(9-7-17)12-4-2-3-5-15-12/h2-5,11H,6-10H2,1H3/p+2/t11-/m0/s1. The first-order chi connectivity index (χ1) is 9.66. The number of carbonyl (C=O) groups excluding carboxylic acids is 2. The van der Waals surface area contributed by atoms with Crippen LogP contribution in [0, 0.1) is 0 Å². The highest BCUT2D eigenvalue weighted by atomic mass is 16.2. The monoisotopic (exact) mass is 276 g/mol. The number of H-pyrrole nitrogens is 1. The van der Waals surface area contributed by atoms with Crippen molar-refractivity contribution in [2.24, 2.45) is 0 Å². The molecule has 20 heavy (non-hydrogen) atoms. The van der Waals surface area contributed by atoms with E-state index in [9.17, 15) is 9.59 Å². The van der Waals surface area contributed by atoms with Crippen molar-refractivity contribution in [2.45, 2.75) is 12.5 Å². The van der Waals surface area contributed by atoms with Gasteiger partial charge >= 0.3 is 0 Å². The summed E-state index contributed by atoms with van der Waals surface area (Å²) >= 11 is 0. The second-order valence-electron chi connectivity index (χ2n) is 5.44. The third-order valence-corrected chi connectivity index (χ3v) is 4.31. The molecule has 2 aliphatic rings. The molecule has 2 saturated heterocycles. The molecule has 0 unspecified atom stereocenters. The molecule has 3 rings (SSSR count). The quantitative estimate of drug-likeness (QED) is 0.633. The fourth-order valence-electron chi connectivity index (χ4n) is 3.04. The summed E-state index contributed by atoms with van der Waals surface area (Å²) in [6.45, 7) is 3.58. The number of nitrogens with zero attached hydrogens (tertiary/aromatic N) is 2. The van der Waals surface area contributed by atoms with Crippen LogP contribution >= 0.6 is 0 Å². The van der Waals surface area contributed by atoms with Crippen LogP contribution in [0.1, 0.15) is 6.42 Å². The molecule has 1 atom stereocenters. The number of anilines is 1. The largest absolute Gasteiger partial charge is 0.318 e. The van der Waals surface area contributed by atoms with Gasteiger partial charge < -0.3 is 4.90 Å². The highest BCUT2D eigenvalue weighted by Crippen LogP contribution is 2.10. The van der Waals surface area contributed by atoms with Crippen molar-refractivity contribution in [1.82, 2.24) is 4.90 Å². The molecule has 6 heteroatoms. The van der Waals surface area contributed by atoms with Crippen LogP contribution in [-0.4, -0.2) is 56.0 Å². The lowest BCUT2D eigenvalue weighted by atomic mass is 10.1. The first-order valence-electron chi connectivity index (χ1n) is 7.03. The van der Waals surface area contributed by atoms with E-state index in [4.69, 9.17) is 0 Å². The number of rotatable bonds is 2. The third kappa shape index (κ3) is 2.27. The molecule has 2 N–H and O–H groups in total. The summed E-state index contributed by atoms with van der Waals surface area (Å²) < 4.78 is 0. The first-order valence-corrected chi connectivity index (χ1v) is 7.03. The van der Waals surface area contributed by atoms with Gasteiger partial charge in [-0.25, -0.2) is 4.98 Å². The average molecular weight is 276 g/mol. The van der Waals surface area contributed by atoms with Gasteiger partial charge in [0.1, 0.15) is 26.2 Å². The van der Waals surface area contributed by atoms with E-state index in [1.807, 2.05) is 18.3 Å².